The van der Waals surface area contributed by atoms with Crippen LogP contribution >= 0.6 is 23.2 Å². The number of aryl methyl sites for hydroxylation is 2. The molecule has 0 fully saturated rings. The molecule has 1 heterocycles. The van der Waals surface area contributed by atoms with E-state index in [9.17, 15) is 18.0 Å². The Labute approximate surface area is 207 Å². The minimum Gasteiger partial charge on any atom is -0.406 e. The van der Waals surface area contributed by atoms with Gasteiger partial charge in [-0.05, 0) is 67.5 Å². The zero-order valence-corrected chi connectivity index (χ0v) is 20.5. The summed E-state index contributed by atoms with van der Waals surface area (Å²) in [4.78, 5) is 10.5. The third kappa shape index (κ3) is 6.60. The van der Waals surface area contributed by atoms with E-state index in [0.717, 1.165) is 42.3 Å². The second-order valence-electron chi connectivity index (χ2n) is 8.34. The lowest BCUT2D eigenvalue weighted by Gasteiger charge is -2.17. The number of nitrogens with zero attached hydrogens (tertiary/aromatic N) is 1. The van der Waals surface area contributed by atoms with Gasteiger partial charge in [-0.25, -0.2) is 0 Å². The molecule has 34 heavy (non-hydrogen) atoms. The number of rotatable bonds is 11. The van der Waals surface area contributed by atoms with Crippen LogP contribution in [0.1, 0.15) is 42.9 Å². The molecule has 0 spiro atoms. The molecular weight excluding hydrogens is 488 g/mol. The minimum atomic E-state index is -4.74. The minimum absolute atomic E-state index is 0.248. The summed E-state index contributed by atoms with van der Waals surface area (Å²) < 4.78 is 43.9. The maximum absolute atomic E-state index is 12.6. The Morgan fingerprint density at radius 2 is 1.94 bits per heavy atom. The van der Waals surface area contributed by atoms with Crippen LogP contribution in [0.5, 0.6) is 5.75 Å². The summed E-state index contributed by atoms with van der Waals surface area (Å²) in [6.07, 6.45) is 1.41. The van der Waals surface area contributed by atoms with Crippen LogP contribution in [0.4, 0.5) is 13.2 Å². The molecule has 9 heteroatoms. The monoisotopic (exact) mass is 514 g/mol. The fourth-order valence-electron chi connectivity index (χ4n) is 4.27. The Hall–Kier alpha value is -2.38. The number of amides is 1. The first kappa shape index (κ1) is 26.2. The van der Waals surface area contributed by atoms with Crippen molar-refractivity contribution >= 4 is 40.5 Å². The Bertz CT molecular complexity index is 1150. The average Bonchev–Trinajstić information content (AvgIpc) is 3.16. The van der Waals surface area contributed by atoms with E-state index in [1.807, 2.05) is 22.9 Å². The van der Waals surface area contributed by atoms with E-state index in [2.05, 4.69) is 17.0 Å². The third-order valence-electron chi connectivity index (χ3n) is 6.03. The maximum atomic E-state index is 12.6. The standard InChI is InChI=1S/C25H27Cl2F3N2O2/c1-3-17(8-10-31-15-33)4-5-18-6-7-22(26)21(23(18)27)14-32-11-9-19-13-20(34-25(28,29)30)12-16(2)24(19)32/h6-7,9,11-13,15,17H,3-5,8,10,14H2,1-2H3,(H,31,33). The van der Waals surface area contributed by atoms with Gasteiger partial charge in [0.05, 0.1) is 17.1 Å². The molecule has 1 aromatic heterocycles. The Balaban J connectivity index is 1.82. The number of aromatic nitrogens is 1. The highest BCUT2D eigenvalue weighted by molar-refractivity contribution is 6.36. The number of benzene rings is 2. The second kappa shape index (κ2) is 11.4. The van der Waals surface area contributed by atoms with Crippen LogP contribution < -0.4 is 10.1 Å². The van der Waals surface area contributed by atoms with Gasteiger partial charge in [0.25, 0.3) is 0 Å². The van der Waals surface area contributed by atoms with Gasteiger partial charge in [0.2, 0.25) is 6.41 Å². The SMILES string of the molecule is CCC(CCNC=O)CCc1ccc(Cl)c(Cn2ccc3cc(OC(F)(F)F)cc(C)c32)c1Cl. The molecule has 0 bridgehead atoms. The highest BCUT2D eigenvalue weighted by Crippen LogP contribution is 2.34. The van der Waals surface area contributed by atoms with Gasteiger partial charge in [-0.3, -0.25) is 4.79 Å². The quantitative estimate of drug-likeness (QED) is 0.215. The van der Waals surface area contributed by atoms with Gasteiger partial charge in [0.1, 0.15) is 5.75 Å². The number of carbonyl (C=O) groups is 1. The van der Waals surface area contributed by atoms with Crippen LogP contribution in [0.25, 0.3) is 10.9 Å². The van der Waals surface area contributed by atoms with Crippen molar-refractivity contribution in [2.45, 2.75) is 52.4 Å². The molecule has 1 amide bonds. The first-order chi connectivity index (χ1) is 16.1. The first-order valence-electron chi connectivity index (χ1n) is 11.1. The van der Waals surface area contributed by atoms with Crippen molar-refractivity contribution in [3.8, 4) is 5.75 Å². The highest BCUT2D eigenvalue weighted by Gasteiger charge is 2.31. The van der Waals surface area contributed by atoms with Gasteiger partial charge in [-0.15, -0.1) is 13.2 Å². The number of fused-ring (bicyclic) bond motifs is 1. The topological polar surface area (TPSA) is 43.3 Å². The molecule has 0 saturated heterocycles. The molecule has 0 aliphatic carbocycles. The van der Waals surface area contributed by atoms with Crippen molar-refractivity contribution in [1.29, 1.82) is 0 Å². The van der Waals surface area contributed by atoms with Crippen LogP contribution in [-0.2, 0) is 17.8 Å². The van der Waals surface area contributed by atoms with Gasteiger partial charge in [-0.2, -0.15) is 0 Å². The fraction of sp³-hybridized carbons (Fsp3) is 0.400. The van der Waals surface area contributed by atoms with E-state index >= 15 is 0 Å². The number of alkyl halides is 3. The van der Waals surface area contributed by atoms with Crippen LogP contribution in [0, 0.1) is 12.8 Å². The van der Waals surface area contributed by atoms with Crippen molar-refractivity contribution in [1.82, 2.24) is 9.88 Å². The lowest BCUT2D eigenvalue weighted by atomic mass is 9.93. The molecule has 1 atom stereocenters. The van der Waals surface area contributed by atoms with E-state index in [-0.39, 0.29) is 5.75 Å². The summed E-state index contributed by atoms with van der Waals surface area (Å²) in [5.41, 5.74) is 3.21. The molecule has 1 N–H and O–H groups in total. The van der Waals surface area contributed by atoms with E-state index in [4.69, 9.17) is 23.2 Å². The number of nitrogens with one attached hydrogen (secondary N) is 1. The lowest BCUT2D eigenvalue weighted by Crippen LogP contribution is -2.17. The molecule has 0 saturated carbocycles. The molecule has 0 aliphatic heterocycles. The number of carbonyl (C=O) groups excluding carboxylic acids is 1. The number of ether oxygens (including phenoxy) is 1. The van der Waals surface area contributed by atoms with E-state index in [1.54, 1.807) is 13.0 Å². The molecular formula is C25H27Cl2F3N2O2. The molecule has 3 rings (SSSR count). The number of hydrogen-bond acceptors (Lipinski definition) is 2. The molecule has 1 unspecified atom stereocenters. The van der Waals surface area contributed by atoms with E-state index in [0.29, 0.717) is 46.4 Å². The molecule has 184 valence electrons. The van der Waals surface area contributed by atoms with Gasteiger partial charge in [0.15, 0.2) is 0 Å². The van der Waals surface area contributed by atoms with Crippen LogP contribution in [0.3, 0.4) is 0 Å². The van der Waals surface area contributed by atoms with Crippen molar-refractivity contribution in [2.24, 2.45) is 5.92 Å². The number of hydrogen-bond donors (Lipinski definition) is 1. The summed E-state index contributed by atoms with van der Waals surface area (Å²) in [5, 5.41) is 4.48. The fourth-order valence-corrected chi connectivity index (χ4v) is 4.86. The molecule has 0 radical (unpaired) electrons. The zero-order valence-electron chi connectivity index (χ0n) is 19.0. The van der Waals surface area contributed by atoms with Crippen molar-refractivity contribution in [3.63, 3.8) is 0 Å². The summed E-state index contributed by atoms with van der Waals surface area (Å²) in [7, 11) is 0. The molecule has 4 nitrogen and oxygen atoms in total. The number of halogens is 5. The van der Waals surface area contributed by atoms with Crippen LogP contribution in [0.15, 0.2) is 36.5 Å². The van der Waals surface area contributed by atoms with Crippen molar-refractivity contribution in [3.05, 3.63) is 63.3 Å². The first-order valence-corrected chi connectivity index (χ1v) is 11.9. The molecule has 3 aromatic rings. The Morgan fingerprint density at radius 3 is 2.62 bits per heavy atom. The Kier molecular flexibility index (Phi) is 8.77. The predicted molar refractivity (Wildman–Crippen MR) is 130 cm³/mol. The zero-order chi connectivity index (χ0) is 24.9. The van der Waals surface area contributed by atoms with Crippen molar-refractivity contribution in [2.75, 3.05) is 6.54 Å². The van der Waals surface area contributed by atoms with Gasteiger partial charge >= 0.3 is 6.36 Å². The smallest absolute Gasteiger partial charge is 0.406 e. The second-order valence-corrected chi connectivity index (χ2v) is 9.13. The average molecular weight is 515 g/mol. The van der Waals surface area contributed by atoms with Crippen LogP contribution in [0.2, 0.25) is 10.0 Å². The third-order valence-corrected chi connectivity index (χ3v) is 6.86. The summed E-state index contributed by atoms with van der Waals surface area (Å²) in [5.74, 6) is 0.217. The summed E-state index contributed by atoms with van der Waals surface area (Å²) >= 11 is 13.3. The molecule has 0 aliphatic rings. The highest BCUT2D eigenvalue weighted by atomic mass is 35.5. The largest absolute Gasteiger partial charge is 0.573 e. The Morgan fingerprint density at radius 1 is 1.18 bits per heavy atom. The van der Waals surface area contributed by atoms with Crippen molar-refractivity contribution < 1.29 is 22.7 Å². The summed E-state index contributed by atoms with van der Waals surface area (Å²) in [6, 6.07) is 8.26. The van der Waals surface area contributed by atoms with Crippen LogP contribution in [-0.4, -0.2) is 23.9 Å². The van der Waals surface area contributed by atoms with E-state index < -0.39 is 6.36 Å². The predicted octanol–water partition coefficient (Wildman–Crippen LogP) is 7.30. The normalized spacial score (nSPS) is 12.7. The molecule has 2 aromatic carbocycles. The van der Waals surface area contributed by atoms with Gasteiger partial charge < -0.3 is 14.6 Å². The maximum Gasteiger partial charge on any atom is 0.573 e. The lowest BCUT2D eigenvalue weighted by molar-refractivity contribution is -0.274. The van der Waals surface area contributed by atoms with Gasteiger partial charge in [0, 0.05) is 28.7 Å². The summed E-state index contributed by atoms with van der Waals surface area (Å²) in [6.45, 7) is 4.91. The van der Waals surface area contributed by atoms with Gasteiger partial charge in [-0.1, -0.05) is 42.6 Å². The van der Waals surface area contributed by atoms with E-state index in [1.165, 1.54) is 12.1 Å².